The summed E-state index contributed by atoms with van der Waals surface area (Å²) in [5, 5.41) is 25.9. The van der Waals surface area contributed by atoms with Crippen LogP contribution in [0.4, 0.5) is 10.5 Å². The maximum Gasteiger partial charge on any atom is 0.408 e. The Kier molecular flexibility index (Phi) is 10.8. The number of rotatable bonds is 10. The quantitative estimate of drug-likeness (QED) is 0.224. The number of benzene rings is 3. The van der Waals surface area contributed by atoms with Crippen LogP contribution in [0.1, 0.15) is 69.3 Å². The number of aryl methyl sites for hydroxylation is 2. The minimum absolute atomic E-state index is 0.0496. The second-order valence-corrected chi connectivity index (χ2v) is 11.8. The first-order valence-electron chi connectivity index (χ1n) is 14.5. The van der Waals surface area contributed by atoms with Crippen molar-refractivity contribution in [1.29, 1.82) is 0 Å². The molecule has 3 aromatic rings. The van der Waals surface area contributed by atoms with Gasteiger partial charge in [0.2, 0.25) is 5.91 Å². The Morgan fingerprint density at radius 2 is 1.51 bits per heavy atom. The predicted molar refractivity (Wildman–Crippen MR) is 167 cm³/mol. The minimum atomic E-state index is -1.14. The van der Waals surface area contributed by atoms with Gasteiger partial charge in [-0.05, 0) is 94.5 Å². The van der Waals surface area contributed by atoms with Crippen molar-refractivity contribution in [2.24, 2.45) is 0 Å². The van der Waals surface area contributed by atoms with E-state index in [2.05, 4.69) is 10.6 Å². The molecule has 9 heteroatoms. The topological polar surface area (TPSA) is 128 Å². The Bertz CT molecular complexity index is 1410. The number of phenols is 2. The number of carbonyl (C=O) groups excluding carboxylic acids is 3. The van der Waals surface area contributed by atoms with E-state index in [0.29, 0.717) is 23.2 Å². The molecule has 3 aromatic carbocycles. The van der Waals surface area contributed by atoms with Crippen LogP contribution in [-0.4, -0.2) is 50.7 Å². The average molecular weight is 590 g/mol. The second-order valence-electron chi connectivity index (χ2n) is 11.8. The molecule has 3 atom stereocenters. The van der Waals surface area contributed by atoms with Crippen LogP contribution >= 0.6 is 0 Å². The fraction of sp³-hybridized carbons (Fsp3) is 0.382. The van der Waals surface area contributed by atoms with Crippen molar-refractivity contribution in [1.82, 2.24) is 10.2 Å². The first-order valence-corrected chi connectivity index (χ1v) is 14.5. The number of nitrogens with zero attached hydrogens (tertiary/aromatic N) is 1. The first-order chi connectivity index (χ1) is 20.2. The fourth-order valence-corrected chi connectivity index (χ4v) is 4.83. The van der Waals surface area contributed by atoms with Crippen LogP contribution in [0.5, 0.6) is 11.5 Å². The molecule has 4 N–H and O–H groups in total. The van der Waals surface area contributed by atoms with Crippen molar-refractivity contribution in [3.8, 4) is 11.5 Å². The van der Waals surface area contributed by atoms with Crippen LogP contribution in [0.25, 0.3) is 0 Å². The van der Waals surface area contributed by atoms with Gasteiger partial charge >= 0.3 is 6.09 Å². The van der Waals surface area contributed by atoms with Crippen molar-refractivity contribution < 1.29 is 29.3 Å². The Morgan fingerprint density at radius 3 is 2.07 bits per heavy atom. The van der Waals surface area contributed by atoms with Crippen LogP contribution in [0.3, 0.4) is 0 Å². The molecule has 0 bridgehead atoms. The number of carbonyl (C=O) groups is 3. The highest BCUT2D eigenvalue weighted by atomic mass is 16.6. The number of hydrogen-bond acceptors (Lipinski definition) is 6. The van der Waals surface area contributed by atoms with Crippen LogP contribution in [0.15, 0.2) is 66.7 Å². The molecule has 0 radical (unpaired) electrons. The lowest BCUT2D eigenvalue weighted by Gasteiger charge is -2.38. The third kappa shape index (κ3) is 8.98. The zero-order valence-corrected chi connectivity index (χ0v) is 26.0. The predicted octanol–water partition coefficient (Wildman–Crippen LogP) is 6.16. The number of nitrogens with one attached hydrogen (secondary N) is 2. The molecule has 3 rings (SSSR count). The molecular weight excluding hydrogens is 546 g/mol. The maximum absolute atomic E-state index is 14.6. The van der Waals surface area contributed by atoms with Crippen molar-refractivity contribution >= 4 is 23.6 Å². The normalized spacial score (nSPS) is 13.4. The fourth-order valence-electron chi connectivity index (χ4n) is 4.83. The SMILES string of the molecule is CCC(C)N(C(=O)C(Cc1ccc(O)cc1)NC(=O)OC(C)(C)C)C(C(=O)Nc1c(C)cccc1C)c1cccc(O)c1. The van der Waals surface area contributed by atoms with Gasteiger partial charge in [-0.15, -0.1) is 0 Å². The van der Waals surface area contributed by atoms with Gasteiger partial charge in [0.15, 0.2) is 0 Å². The number of para-hydroxylation sites is 1. The highest BCUT2D eigenvalue weighted by Crippen LogP contribution is 2.31. The van der Waals surface area contributed by atoms with Gasteiger partial charge in [-0.2, -0.15) is 0 Å². The smallest absolute Gasteiger partial charge is 0.408 e. The largest absolute Gasteiger partial charge is 0.508 e. The molecule has 43 heavy (non-hydrogen) atoms. The summed E-state index contributed by atoms with van der Waals surface area (Å²) in [5.74, 6) is -0.942. The number of alkyl carbamates (subject to hydrolysis) is 1. The summed E-state index contributed by atoms with van der Waals surface area (Å²) < 4.78 is 5.48. The molecule has 0 spiro atoms. The molecule has 0 aliphatic rings. The molecule has 230 valence electrons. The van der Waals surface area contributed by atoms with E-state index in [0.717, 1.165) is 11.1 Å². The lowest BCUT2D eigenvalue weighted by Crippen LogP contribution is -2.55. The van der Waals surface area contributed by atoms with E-state index in [1.165, 1.54) is 29.2 Å². The summed E-state index contributed by atoms with van der Waals surface area (Å²) in [6.45, 7) is 12.7. The third-order valence-electron chi connectivity index (χ3n) is 7.13. The summed E-state index contributed by atoms with van der Waals surface area (Å²) in [5.41, 5.74) is 2.66. The van der Waals surface area contributed by atoms with E-state index in [4.69, 9.17) is 4.74 Å². The van der Waals surface area contributed by atoms with Crippen molar-refractivity contribution in [3.63, 3.8) is 0 Å². The lowest BCUT2D eigenvalue weighted by molar-refractivity contribution is -0.143. The molecule has 0 saturated heterocycles. The number of anilines is 1. The monoisotopic (exact) mass is 589 g/mol. The standard InChI is InChI=1S/C34H43N3O6/c1-8-23(4)37(32(41)28(35-33(42)43-34(5,6)7)19-24-15-17-26(38)18-16-24)30(25-13-10-14-27(39)20-25)31(40)36-29-21(2)11-9-12-22(29)3/h9-18,20,23,28,30,38-39H,8,19H2,1-7H3,(H,35,42)(H,36,40). The Morgan fingerprint density at radius 1 is 0.907 bits per heavy atom. The molecule has 3 unspecified atom stereocenters. The Balaban J connectivity index is 2.12. The van der Waals surface area contributed by atoms with Gasteiger partial charge in [-0.1, -0.05) is 49.4 Å². The number of amides is 3. The molecule has 0 heterocycles. The van der Waals surface area contributed by atoms with Gasteiger partial charge in [-0.25, -0.2) is 4.79 Å². The maximum atomic E-state index is 14.6. The molecule has 0 aliphatic heterocycles. The zero-order valence-electron chi connectivity index (χ0n) is 26.0. The molecule has 3 amide bonds. The van der Waals surface area contributed by atoms with E-state index in [1.807, 2.05) is 45.9 Å². The average Bonchev–Trinajstić information content (AvgIpc) is 2.92. The van der Waals surface area contributed by atoms with E-state index in [1.54, 1.807) is 45.0 Å². The summed E-state index contributed by atoms with van der Waals surface area (Å²) in [6, 6.07) is 15.6. The molecule has 9 nitrogen and oxygen atoms in total. The second kappa shape index (κ2) is 14.1. The molecule has 0 fully saturated rings. The number of aromatic hydroxyl groups is 2. The third-order valence-corrected chi connectivity index (χ3v) is 7.13. The lowest BCUT2D eigenvalue weighted by atomic mass is 9.97. The Hall–Kier alpha value is -4.53. The van der Waals surface area contributed by atoms with Gasteiger partial charge < -0.3 is 30.5 Å². The van der Waals surface area contributed by atoms with Gasteiger partial charge in [0.25, 0.3) is 5.91 Å². The summed E-state index contributed by atoms with van der Waals surface area (Å²) >= 11 is 0. The summed E-state index contributed by atoms with van der Waals surface area (Å²) in [7, 11) is 0. The van der Waals surface area contributed by atoms with Crippen LogP contribution < -0.4 is 10.6 Å². The number of hydrogen-bond donors (Lipinski definition) is 4. The zero-order chi connectivity index (χ0) is 31.9. The molecule has 0 aromatic heterocycles. The summed E-state index contributed by atoms with van der Waals surface area (Å²) in [6.07, 6.45) is -0.185. The van der Waals surface area contributed by atoms with Gasteiger partial charge in [-0.3, -0.25) is 9.59 Å². The van der Waals surface area contributed by atoms with E-state index in [9.17, 15) is 24.6 Å². The van der Waals surface area contributed by atoms with Crippen molar-refractivity contribution in [3.05, 3.63) is 89.0 Å². The Labute approximate surface area is 253 Å². The number of ether oxygens (including phenoxy) is 1. The van der Waals surface area contributed by atoms with Gasteiger partial charge in [0, 0.05) is 18.2 Å². The molecular formula is C34H43N3O6. The van der Waals surface area contributed by atoms with E-state index < -0.39 is 41.6 Å². The van der Waals surface area contributed by atoms with Crippen LogP contribution in [0, 0.1) is 13.8 Å². The summed E-state index contributed by atoms with van der Waals surface area (Å²) in [4.78, 5) is 43.2. The van der Waals surface area contributed by atoms with Crippen LogP contribution in [0.2, 0.25) is 0 Å². The molecule has 0 aliphatic carbocycles. The highest BCUT2D eigenvalue weighted by molar-refractivity contribution is 6.00. The molecule has 0 saturated carbocycles. The van der Waals surface area contributed by atoms with E-state index in [-0.39, 0.29) is 17.9 Å². The van der Waals surface area contributed by atoms with Crippen LogP contribution in [-0.2, 0) is 20.7 Å². The first kappa shape index (κ1) is 33.0. The van der Waals surface area contributed by atoms with Gasteiger partial charge in [0.05, 0.1) is 0 Å². The highest BCUT2D eigenvalue weighted by Gasteiger charge is 2.39. The van der Waals surface area contributed by atoms with Crippen molar-refractivity contribution in [2.45, 2.75) is 85.0 Å². The minimum Gasteiger partial charge on any atom is -0.508 e. The van der Waals surface area contributed by atoms with E-state index >= 15 is 0 Å². The van der Waals surface area contributed by atoms with Crippen molar-refractivity contribution in [2.75, 3.05) is 5.32 Å². The number of phenolic OH excluding ortho intramolecular Hbond substituents is 2. The van der Waals surface area contributed by atoms with Gasteiger partial charge in [0.1, 0.15) is 29.2 Å².